The molecule has 1 aromatic carbocycles. The minimum Gasteiger partial charge on any atom is -0.481 e. The molecule has 0 aliphatic heterocycles. The second-order valence-corrected chi connectivity index (χ2v) is 5.11. The smallest absolute Gasteiger partial charge is 0.319 e. The topological polar surface area (TPSA) is 78.4 Å². The molecule has 0 aliphatic carbocycles. The van der Waals surface area contributed by atoms with Crippen molar-refractivity contribution in [1.29, 1.82) is 0 Å². The lowest BCUT2D eigenvalue weighted by Gasteiger charge is -2.18. The van der Waals surface area contributed by atoms with E-state index in [0.29, 0.717) is 6.07 Å². The standard InChI is InChI=1S/C12H13BrF2N2O3/c1-5(11(18)19)6(2)16-12(20)17-10-3-7(13)8(14)4-9(10)15/h3-6H,1-2H3,(H,18,19)(H2,16,17,20). The van der Waals surface area contributed by atoms with Gasteiger partial charge in [0.1, 0.15) is 11.6 Å². The average Bonchev–Trinajstić information content (AvgIpc) is 2.34. The molecule has 0 aliphatic rings. The molecule has 0 radical (unpaired) electrons. The average molecular weight is 351 g/mol. The molecule has 0 aromatic heterocycles. The third kappa shape index (κ3) is 4.16. The summed E-state index contributed by atoms with van der Waals surface area (Å²) >= 11 is 2.87. The van der Waals surface area contributed by atoms with Crippen molar-refractivity contribution in [3.8, 4) is 0 Å². The molecule has 3 N–H and O–H groups in total. The second-order valence-electron chi connectivity index (χ2n) is 4.26. The fourth-order valence-corrected chi connectivity index (χ4v) is 1.67. The van der Waals surface area contributed by atoms with E-state index in [1.54, 1.807) is 0 Å². The van der Waals surface area contributed by atoms with Gasteiger partial charge in [0, 0.05) is 12.1 Å². The van der Waals surface area contributed by atoms with Gasteiger partial charge in [-0.1, -0.05) is 0 Å². The molecule has 0 saturated heterocycles. The highest BCUT2D eigenvalue weighted by atomic mass is 79.9. The summed E-state index contributed by atoms with van der Waals surface area (Å²) in [7, 11) is 0. The van der Waals surface area contributed by atoms with Crippen LogP contribution in [0.4, 0.5) is 19.3 Å². The Morgan fingerprint density at radius 1 is 1.25 bits per heavy atom. The van der Waals surface area contributed by atoms with Gasteiger partial charge < -0.3 is 15.7 Å². The van der Waals surface area contributed by atoms with E-state index in [1.807, 2.05) is 0 Å². The van der Waals surface area contributed by atoms with Crippen LogP contribution in [0.5, 0.6) is 0 Å². The first-order chi connectivity index (χ1) is 9.22. The number of hydrogen-bond acceptors (Lipinski definition) is 2. The van der Waals surface area contributed by atoms with Crippen molar-refractivity contribution in [2.24, 2.45) is 5.92 Å². The molecule has 20 heavy (non-hydrogen) atoms. The molecule has 2 amide bonds. The van der Waals surface area contributed by atoms with Crippen molar-refractivity contribution in [3.63, 3.8) is 0 Å². The molecule has 2 unspecified atom stereocenters. The second kappa shape index (κ2) is 6.65. The summed E-state index contributed by atoms with van der Waals surface area (Å²) in [5, 5.41) is 13.3. The van der Waals surface area contributed by atoms with Crippen molar-refractivity contribution in [2.75, 3.05) is 5.32 Å². The zero-order valence-electron chi connectivity index (χ0n) is 10.7. The Kier molecular flexibility index (Phi) is 5.43. The third-order valence-corrected chi connectivity index (χ3v) is 3.36. The van der Waals surface area contributed by atoms with Crippen LogP contribution >= 0.6 is 15.9 Å². The maximum Gasteiger partial charge on any atom is 0.319 e. The molecule has 0 saturated carbocycles. The minimum absolute atomic E-state index is 0.00107. The van der Waals surface area contributed by atoms with Crippen LogP contribution < -0.4 is 10.6 Å². The normalized spacial score (nSPS) is 13.4. The van der Waals surface area contributed by atoms with Gasteiger partial charge in [-0.2, -0.15) is 0 Å². The van der Waals surface area contributed by atoms with E-state index >= 15 is 0 Å². The van der Waals surface area contributed by atoms with Gasteiger partial charge in [0.25, 0.3) is 0 Å². The molecule has 0 heterocycles. The van der Waals surface area contributed by atoms with Crippen LogP contribution in [0, 0.1) is 17.6 Å². The van der Waals surface area contributed by atoms with Gasteiger partial charge in [-0.25, -0.2) is 13.6 Å². The van der Waals surface area contributed by atoms with Gasteiger partial charge in [0.15, 0.2) is 0 Å². The number of nitrogens with one attached hydrogen (secondary N) is 2. The predicted molar refractivity (Wildman–Crippen MR) is 72.5 cm³/mol. The highest BCUT2D eigenvalue weighted by Gasteiger charge is 2.21. The highest BCUT2D eigenvalue weighted by molar-refractivity contribution is 9.10. The van der Waals surface area contributed by atoms with Gasteiger partial charge in [0.2, 0.25) is 0 Å². The fourth-order valence-electron chi connectivity index (χ4n) is 1.32. The monoisotopic (exact) mass is 350 g/mol. The van der Waals surface area contributed by atoms with Crippen LogP contribution in [-0.2, 0) is 4.79 Å². The van der Waals surface area contributed by atoms with Gasteiger partial charge in [-0.3, -0.25) is 4.79 Å². The number of carbonyl (C=O) groups excluding carboxylic acids is 1. The number of benzene rings is 1. The molecule has 1 rings (SSSR count). The van der Waals surface area contributed by atoms with E-state index < -0.39 is 35.6 Å². The molecular weight excluding hydrogens is 338 g/mol. The minimum atomic E-state index is -1.06. The summed E-state index contributed by atoms with van der Waals surface area (Å²) in [6, 6.07) is 0.279. The van der Waals surface area contributed by atoms with Crippen molar-refractivity contribution >= 4 is 33.6 Å². The predicted octanol–water partition coefficient (Wildman–Crippen LogP) is 2.96. The number of halogens is 3. The number of urea groups is 1. The molecule has 110 valence electrons. The Morgan fingerprint density at radius 3 is 2.40 bits per heavy atom. The lowest BCUT2D eigenvalue weighted by molar-refractivity contribution is -0.141. The molecule has 5 nitrogen and oxygen atoms in total. The quantitative estimate of drug-likeness (QED) is 0.730. The van der Waals surface area contributed by atoms with Crippen LogP contribution in [0.15, 0.2) is 16.6 Å². The van der Waals surface area contributed by atoms with Gasteiger partial charge in [-0.05, 0) is 35.8 Å². The van der Waals surface area contributed by atoms with Crippen molar-refractivity contribution in [1.82, 2.24) is 5.32 Å². The summed E-state index contributed by atoms with van der Waals surface area (Å²) in [5.74, 6) is -3.58. The van der Waals surface area contributed by atoms with Gasteiger partial charge in [0.05, 0.1) is 16.1 Å². The number of rotatable bonds is 4. The zero-order chi connectivity index (χ0) is 15.4. The molecular formula is C12H13BrF2N2O3. The van der Waals surface area contributed by atoms with Crippen LogP contribution in [0.3, 0.4) is 0 Å². The molecule has 0 bridgehead atoms. The Labute approximate surface area is 122 Å². The van der Waals surface area contributed by atoms with E-state index in [1.165, 1.54) is 13.8 Å². The number of aliphatic carboxylic acids is 1. The number of amides is 2. The number of carbonyl (C=O) groups is 2. The van der Waals surface area contributed by atoms with Gasteiger partial charge >= 0.3 is 12.0 Å². The summed E-state index contributed by atoms with van der Waals surface area (Å²) in [6.45, 7) is 2.94. The van der Waals surface area contributed by atoms with E-state index in [9.17, 15) is 18.4 Å². The Balaban J connectivity index is 2.72. The lowest BCUT2D eigenvalue weighted by atomic mass is 10.0. The molecule has 0 spiro atoms. The molecule has 0 fully saturated rings. The Hall–Kier alpha value is -1.70. The maximum absolute atomic E-state index is 13.4. The molecule has 2 atom stereocenters. The van der Waals surface area contributed by atoms with Crippen molar-refractivity contribution < 1.29 is 23.5 Å². The number of carboxylic acid groups (broad SMARTS) is 1. The summed E-state index contributed by atoms with van der Waals surface area (Å²) in [6.07, 6.45) is 0. The number of carboxylic acids is 1. The van der Waals surface area contributed by atoms with Crippen molar-refractivity contribution in [3.05, 3.63) is 28.2 Å². The molecule has 1 aromatic rings. The summed E-state index contributed by atoms with van der Waals surface area (Å²) in [4.78, 5) is 22.3. The zero-order valence-corrected chi connectivity index (χ0v) is 12.3. The van der Waals surface area contributed by atoms with E-state index in [-0.39, 0.29) is 10.2 Å². The van der Waals surface area contributed by atoms with Crippen LogP contribution in [-0.4, -0.2) is 23.1 Å². The van der Waals surface area contributed by atoms with E-state index in [0.717, 1.165) is 6.07 Å². The number of anilines is 1. The third-order valence-electron chi connectivity index (χ3n) is 2.76. The molecule has 8 heteroatoms. The Morgan fingerprint density at radius 2 is 1.85 bits per heavy atom. The van der Waals surface area contributed by atoms with Crippen LogP contribution in [0.25, 0.3) is 0 Å². The first-order valence-electron chi connectivity index (χ1n) is 5.67. The largest absolute Gasteiger partial charge is 0.481 e. The highest BCUT2D eigenvalue weighted by Crippen LogP contribution is 2.23. The van der Waals surface area contributed by atoms with E-state index in [4.69, 9.17) is 5.11 Å². The Bertz CT molecular complexity index is 540. The van der Waals surface area contributed by atoms with Crippen LogP contribution in [0.1, 0.15) is 13.8 Å². The summed E-state index contributed by atoms with van der Waals surface area (Å²) in [5.41, 5.74) is -0.217. The maximum atomic E-state index is 13.4. The first kappa shape index (κ1) is 16.4. The van der Waals surface area contributed by atoms with Crippen molar-refractivity contribution in [2.45, 2.75) is 19.9 Å². The number of hydrogen-bond donors (Lipinski definition) is 3. The SMILES string of the molecule is CC(NC(=O)Nc1cc(Br)c(F)cc1F)C(C)C(=O)O. The summed E-state index contributed by atoms with van der Waals surface area (Å²) < 4.78 is 26.4. The van der Waals surface area contributed by atoms with Gasteiger partial charge in [-0.15, -0.1) is 0 Å². The first-order valence-corrected chi connectivity index (χ1v) is 6.46. The lowest BCUT2D eigenvalue weighted by Crippen LogP contribution is -2.42. The van der Waals surface area contributed by atoms with Crippen LogP contribution in [0.2, 0.25) is 0 Å². The van der Waals surface area contributed by atoms with E-state index in [2.05, 4.69) is 26.6 Å². The fraction of sp³-hybridized carbons (Fsp3) is 0.333.